The lowest BCUT2D eigenvalue weighted by molar-refractivity contribution is -0.383. The third kappa shape index (κ3) is 3.59. The van der Waals surface area contributed by atoms with Crippen LogP contribution in [0.15, 0.2) is 29.4 Å². The SMILES string of the molecule is C[C@H]1COCCN1c1cc(C2(Sc3c[nH+]cc(F)c3)CC2)nc(Cl)n1. The molecule has 4 rings (SSSR count). The van der Waals surface area contributed by atoms with E-state index in [9.17, 15) is 4.39 Å². The Morgan fingerprint density at radius 1 is 1.36 bits per heavy atom. The van der Waals surface area contributed by atoms with Gasteiger partial charge in [0.05, 0.1) is 34.6 Å². The second kappa shape index (κ2) is 6.70. The molecule has 2 aliphatic rings. The Morgan fingerprint density at radius 2 is 2.20 bits per heavy atom. The molecule has 2 fully saturated rings. The summed E-state index contributed by atoms with van der Waals surface area (Å²) >= 11 is 7.85. The van der Waals surface area contributed by atoms with Crippen molar-refractivity contribution in [3.05, 3.63) is 41.3 Å². The molecule has 0 radical (unpaired) electrons. The number of H-pyrrole nitrogens is 1. The molecule has 1 saturated heterocycles. The zero-order valence-electron chi connectivity index (χ0n) is 13.8. The van der Waals surface area contributed by atoms with Gasteiger partial charge in [-0.1, -0.05) is 0 Å². The van der Waals surface area contributed by atoms with E-state index in [1.54, 1.807) is 11.8 Å². The van der Waals surface area contributed by atoms with Crippen molar-refractivity contribution in [1.82, 2.24) is 9.97 Å². The molecule has 0 aromatic carbocycles. The largest absolute Gasteiger partial charge is 0.377 e. The van der Waals surface area contributed by atoms with Gasteiger partial charge in [0, 0.05) is 12.6 Å². The molecule has 1 N–H and O–H groups in total. The first kappa shape index (κ1) is 17.0. The number of hydrogen-bond acceptors (Lipinski definition) is 5. The minimum atomic E-state index is -0.274. The summed E-state index contributed by atoms with van der Waals surface area (Å²) in [7, 11) is 0. The van der Waals surface area contributed by atoms with Gasteiger partial charge < -0.3 is 9.64 Å². The maximum atomic E-state index is 13.5. The van der Waals surface area contributed by atoms with Gasteiger partial charge in [-0.3, -0.25) is 0 Å². The molecule has 0 amide bonds. The Hall–Kier alpha value is -1.44. The fraction of sp³-hybridized carbons (Fsp3) is 0.471. The Labute approximate surface area is 155 Å². The van der Waals surface area contributed by atoms with Crippen LogP contribution in [0.4, 0.5) is 10.2 Å². The lowest BCUT2D eigenvalue weighted by Gasteiger charge is -2.34. The molecular weight excluding hydrogens is 363 g/mol. The fourth-order valence-electron chi connectivity index (χ4n) is 3.08. The molecule has 1 aliphatic carbocycles. The van der Waals surface area contributed by atoms with Crippen LogP contribution in [0.2, 0.25) is 5.28 Å². The summed E-state index contributed by atoms with van der Waals surface area (Å²) in [5.74, 6) is 0.563. The van der Waals surface area contributed by atoms with E-state index >= 15 is 0 Å². The van der Waals surface area contributed by atoms with Gasteiger partial charge in [-0.15, -0.1) is 11.8 Å². The highest BCUT2D eigenvalue weighted by atomic mass is 35.5. The first-order valence-electron chi connectivity index (χ1n) is 8.31. The number of nitrogens with one attached hydrogen (secondary N) is 1. The summed E-state index contributed by atoms with van der Waals surface area (Å²) in [6.45, 7) is 4.25. The van der Waals surface area contributed by atoms with Crippen LogP contribution in [-0.4, -0.2) is 35.8 Å². The molecule has 132 valence electrons. The van der Waals surface area contributed by atoms with Crippen molar-refractivity contribution in [2.45, 2.75) is 35.4 Å². The average Bonchev–Trinajstić information content (AvgIpc) is 3.35. The van der Waals surface area contributed by atoms with Crippen LogP contribution in [-0.2, 0) is 9.48 Å². The van der Waals surface area contributed by atoms with Gasteiger partial charge in [0.25, 0.3) is 0 Å². The average molecular weight is 382 g/mol. The molecule has 25 heavy (non-hydrogen) atoms. The van der Waals surface area contributed by atoms with Crippen LogP contribution in [0.25, 0.3) is 0 Å². The molecule has 1 saturated carbocycles. The third-order valence-electron chi connectivity index (χ3n) is 4.56. The number of anilines is 1. The molecule has 2 aromatic heterocycles. The molecule has 1 aliphatic heterocycles. The summed E-state index contributed by atoms with van der Waals surface area (Å²) in [5, 5.41) is 0.254. The second-order valence-electron chi connectivity index (χ2n) is 6.48. The van der Waals surface area contributed by atoms with Crippen molar-refractivity contribution >= 4 is 29.2 Å². The van der Waals surface area contributed by atoms with Crippen molar-refractivity contribution < 1.29 is 14.1 Å². The lowest BCUT2D eigenvalue weighted by Crippen LogP contribution is -2.44. The molecule has 0 bridgehead atoms. The van der Waals surface area contributed by atoms with E-state index in [-0.39, 0.29) is 21.9 Å². The smallest absolute Gasteiger partial charge is 0.224 e. The van der Waals surface area contributed by atoms with Crippen molar-refractivity contribution in [2.75, 3.05) is 24.7 Å². The summed E-state index contributed by atoms with van der Waals surface area (Å²) in [4.78, 5) is 14.8. The summed E-state index contributed by atoms with van der Waals surface area (Å²) in [6.07, 6.45) is 5.12. The topological polar surface area (TPSA) is 52.4 Å². The van der Waals surface area contributed by atoms with Gasteiger partial charge in [-0.25, -0.2) is 19.3 Å². The van der Waals surface area contributed by atoms with Gasteiger partial charge in [-0.05, 0) is 37.4 Å². The van der Waals surface area contributed by atoms with Gasteiger partial charge in [0.1, 0.15) is 5.82 Å². The lowest BCUT2D eigenvalue weighted by atomic mass is 10.2. The second-order valence-corrected chi connectivity index (χ2v) is 8.28. The van der Waals surface area contributed by atoms with Crippen LogP contribution < -0.4 is 9.88 Å². The standard InChI is InChI=1S/C17H18ClFN4OS/c1-11-10-24-5-4-23(11)15-7-14(21-16(18)22-15)17(2-3-17)25-13-6-12(19)8-20-9-13/h6-9,11H,2-5,10H2,1H3/p+1/t11-/m0/s1. The molecule has 8 heteroatoms. The quantitative estimate of drug-likeness (QED) is 0.762. The number of aromatic nitrogens is 3. The Balaban J connectivity index is 1.63. The van der Waals surface area contributed by atoms with Gasteiger partial charge in [0.15, 0.2) is 12.0 Å². The summed E-state index contributed by atoms with van der Waals surface area (Å²) in [5.41, 5.74) is 0.912. The highest BCUT2D eigenvalue weighted by Crippen LogP contribution is 2.59. The normalized spacial score (nSPS) is 22.0. The van der Waals surface area contributed by atoms with Crippen LogP contribution in [0.3, 0.4) is 0 Å². The van der Waals surface area contributed by atoms with Crippen molar-refractivity contribution in [1.29, 1.82) is 0 Å². The zero-order chi connectivity index (χ0) is 17.4. The van der Waals surface area contributed by atoms with E-state index in [1.807, 2.05) is 12.3 Å². The number of thioether (sulfide) groups is 1. The van der Waals surface area contributed by atoms with E-state index in [0.29, 0.717) is 13.2 Å². The third-order valence-corrected chi connectivity index (χ3v) is 6.21. The van der Waals surface area contributed by atoms with Gasteiger partial charge >= 0.3 is 0 Å². The van der Waals surface area contributed by atoms with Crippen LogP contribution in [0.1, 0.15) is 25.5 Å². The number of halogens is 2. The maximum absolute atomic E-state index is 13.5. The van der Waals surface area contributed by atoms with E-state index < -0.39 is 0 Å². The number of hydrogen-bond donors (Lipinski definition) is 0. The minimum absolute atomic E-state index is 0.154. The predicted molar refractivity (Wildman–Crippen MR) is 94.4 cm³/mol. The van der Waals surface area contributed by atoms with Gasteiger partial charge in [-0.2, -0.15) is 0 Å². The number of aromatic amines is 1. The monoisotopic (exact) mass is 381 g/mol. The molecule has 1 atom stereocenters. The zero-order valence-corrected chi connectivity index (χ0v) is 15.4. The maximum Gasteiger partial charge on any atom is 0.224 e. The number of pyridine rings is 1. The van der Waals surface area contributed by atoms with Crippen molar-refractivity contribution in [2.24, 2.45) is 0 Å². The predicted octanol–water partition coefficient (Wildman–Crippen LogP) is 3.09. The number of morpholine rings is 1. The van der Waals surface area contributed by atoms with Gasteiger partial charge in [0.2, 0.25) is 11.5 Å². The Bertz CT molecular complexity index is 789. The minimum Gasteiger partial charge on any atom is -0.377 e. The highest BCUT2D eigenvalue weighted by molar-refractivity contribution is 8.00. The molecule has 0 spiro atoms. The van der Waals surface area contributed by atoms with E-state index in [1.165, 1.54) is 12.3 Å². The van der Waals surface area contributed by atoms with Crippen LogP contribution in [0.5, 0.6) is 0 Å². The highest BCUT2D eigenvalue weighted by Gasteiger charge is 2.48. The first-order valence-corrected chi connectivity index (χ1v) is 9.50. The van der Waals surface area contributed by atoms with E-state index in [0.717, 1.165) is 35.8 Å². The molecular formula is C17H19ClFN4OS+. The first-order chi connectivity index (χ1) is 12.1. The van der Waals surface area contributed by atoms with Crippen LogP contribution in [0, 0.1) is 5.82 Å². The van der Waals surface area contributed by atoms with E-state index in [4.69, 9.17) is 16.3 Å². The van der Waals surface area contributed by atoms with Crippen LogP contribution >= 0.6 is 23.4 Å². The molecule has 2 aromatic rings. The van der Waals surface area contributed by atoms with Crippen molar-refractivity contribution in [3.63, 3.8) is 0 Å². The summed E-state index contributed by atoms with van der Waals surface area (Å²) in [6, 6.07) is 3.80. The van der Waals surface area contributed by atoms with Crippen molar-refractivity contribution in [3.8, 4) is 0 Å². The number of rotatable bonds is 4. The number of ether oxygens (including phenoxy) is 1. The fourth-order valence-corrected chi connectivity index (χ4v) is 4.53. The summed E-state index contributed by atoms with van der Waals surface area (Å²) < 4.78 is 18.8. The molecule has 5 nitrogen and oxygen atoms in total. The Morgan fingerprint density at radius 3 is 2.92 bits per heavy atom. The molecule has 0 unspecified atom stereocenters. The van der Waals surface area contributed by atoms with E-state index in [2.05, 4.69) is 26.8 Å². The Kier molecular flexibility index (Phi) is 4.56. The number of nitrogens with zero attached hydrogens (tertiary/aromatic N) is 3. The molecule has 3 heterocycles.